The van der Waals surface area contributed by atoms with Gasteiger partial charge >= 0.3 is 0 Å². The summed E-state index contributed by atoms with van der Waals surface area (Å²) in [5.41, 5.74) is 3.86. The molecule has 1 aliphatic carbocycles. The highest BCUT2D eigenvalue weighted by Gasteiger charge is 2.24. The maximum Gasteiger partial charge on any atom is 0.122 e. The van der Waals surface area contributed by atoms with Gasteiger partial charge < -0.3 is 10.1 Å². The molecule has 0 saturated carbocycles. The van der Waals surface area contributed by atoms with Gasteiger partial charge in [-0.1, -0.05) is 24.3 Å². The minimum absolute atomic E-state index is 0.380. The van der Waals surface area contributed by atoms with Gasteiger partial charge in [0.1, 0.15) is 5.75 Å². The molecule has 1 N–H and O–H groups in total. The lowest BCUT2D eigenvalue weighted by Crippen LogP contribution is -2.31. The molecule has 3 rings (SSSR count). The molecule has 2 unspecified atom stereocenters. The Morgan fingerprint density at radius 3 is 3.00 bits per heavy atom. The number of fused-ring (bicyclic) bond motifs is 1. The smallest absolute Gasteiger partial charge is 0.122 e. The molecule has 21 heavy (non-hydrogen) atoms. The normalized spacial score (nSPS) is 18.3. The number of nitrogens with one attached hydrogen (secondary N) is 1. The molecule has 3 heteroatoms. The van der Waals surface area contributed by atoms with Crippen molar-refractivity contribution in [3.8, 4) is 5.75 Å². The highest BCUT2D eigenvalue weighted by Crippen LogP contribution is 2.29. The first kappa shape index (κ1) is 14.1. The molecule has 3 nitrogen and oxygen atoms in total. The van der Waals surface area contributed by atoms with Crippen LogP contribution in [0.4, 0.5) is 0 Å². The van der Waals surface area contributed by atoms with E-state index in [2.05, 4.69) is 35.4 Å². The van der Waals surface area contributed by atoms with Gasteiger partial charge in [0.25, 0.3) is 0 Å². The molecule has 1 aliphatic rings. The van der Waals surface area contributed by atoms with Gasteiger partial charge in [-0.25, -0.2) is 0 Å². The molecule has 1 aromatic heterocycles. The molecule has 2 atom stereocenters. The summed E-state index contributed by atoms with van der Waals surface area (Å²) in [5, 5.41) is 3.72. The van der Waals surface area contributed by atoms with Gasteiger partial charge in [-0.3, -0.25) is 4.98 Å². The van der Waals surface area contributed by atoms with Crippen LogP contribution in [0.3, 0.4) is 0 Å². The number of nitrogens with zero attached hydrogens (tertiary/aromatic N) is 1. The third-order valence-corrected chi connectivity index (χ3v) is 4.16. The van der Waals surface area contributed by atoms with E-state index in [1.807, 2.05) is 24.4 Å². The van der Waals surface area contributed by atoms with Crippen molar-refractivity contribution in [3.05, 3.63) is 59.4 Å². The average Bonchev–Trinajstić information content (AvgIpc) is 2.91. The molecular formula is C18H22N2O. The van der Waals surface area contributed by atoms with Crippen LogP contribution in [-0.4, -0.2) is 18.1 Å². The predicted octanol–water partition coefficient (Wildman–Crippen LogP) is 3.30. The first-order chi connectivity index (χ1) is 10.3. The van der Waals surface area contributed by atoms with Gasteiger partial charge in [-0.2, -0.15) is 0 Å². The number of hydrogen-bond donors (Lipinski definition) is 1. The fraction of sp³-hybridized carbons (Fsp3) is 0.389. The largest absolute Gasteiger partial charge is 0.496 e. The zero-order valence-corrected chi connectivity index (χ0v) is 12.7. The number of pyridine rings is 1. The van der Waals surface area contributed by atoms with E-state index < -0.39 is 0 Å². The molecule has 1 heterocycles. The summed E-state index contributed by atoms with van der Waals surface area (Å²) in [7, 11) is 1.73. The summed E-state index contributed by atoms with van der Waals surface area (Å²) >= 11 is 0. The Morgan fingerprint density at radius 1 is 1.29 bits per heavy atom. The Morgan fingerprint density at radius 2 is 2.14 bits per heavy atom. The van der Waals surface area contributed by atoms with Crippen LogP contribution in [0.15, 0.2) is 42.6 Å². The van der Waals surface area contributed by atoms with Crippen LogP contribution in [-0.2, 0) is 12.8 Å². The summed E-state index contributed by atoms with van der Waals surface area (Å²) in [6, 6.07) is 13.2. The molecule has 2 aromatic rings. The monoisotopic (exact) mass is 282 g/mol. The predicted molar refractivity (Wildman–Crippen MR) is 84.6 cm³/mol. The maximum atomic E-state index is 5.43. The van der Waals surface area contributed by atoms with E-state index in [9.17, 15) is 0 Å². The van der Waals surface area contributed by atoms with Gasteiger partial charge in [0.05, 0.1) is 18.8 Å². The number of methoxy groups -OCH3 is 1. The number of aryl methyl sites for hydroxylation is 1. The van der Waals surface area contributed by atoms with Crippen LogP contribution in [0.1, 0.15) is 36.2 Å². The van der Waals surface area contributed by atoms with Crippen molar-refractivity contribution >= 4 is 0 Å². The third-order valence-electron chi connectivity index (χ3n) is 4.16. The second kappa shape index (κ2) is 6.27. The molecule has 0 radical (unpaired) electrons. The van der Waals surface area contributed by atoms with E-state index in [0.29, 0.717) is 12.1 Å². The third kappa shape index (κ3) is 3.08. The van der Waals surface area contributed by atoms with Crippen LogP contribution in [0.5, 0.6) is 5.75 Å². The van der Waals surface area contributed by atoms with Crippen LogP contribution in [0, 0.1) is 0 Å². The fourth-order valence-corrected chi connectivity index (χ4v) is 3.18. The fourth-order valence-electron chi connectivity index (χ4n) is 3.18. The van der Waals surface area contributed by atoms with Gasteiger partial charge in [0.15, 0.2) is 0 Å². The lowest BCUT2D eigenvalue weighted by molar-refractivity contribution is 0.400. The summed E-state index contributed by atoms with van der Waals surface area (Å²) < 4.78 is 5.43. The topological polar surface area (TPSA) is 34.1 Å². The molecule has 110 valence electrons. The van der Waals surface area contributed by atoms with E-state index >= 15 is 0 Å². The number of benzene rings is 1. The molecule has 0 fully saturated rings. The molecule has 0 saturated heterocycles. The van der Waals surface area contributed by atoms with Crippen molar-refractivity contribution in [1.29, 1.82) is 0 Å². The van der Waals surface area contributed by atoms with Gasteiger partial charge in [-0.05, 0) is 49.4 Å². The Labute approximate surface area is 126 Å². The first-order valence-electron chi connectivity index (χ1n) is 7.59. The van der Waals surface area contributed by atoms with Crippen molar-refractivity contribution < 1.29 is 4.74 Å². The van der Waals surface area contributed by atoms with Gasteiger partial charge in [0.2, 0.25) is 0 Å². The van der Waals surface area contributed by atoms with Crippen LogP contribution >= 0.6 is 0 Å². The number of para-hydroxylation sites is 1. The Bertz CT molecular complexity index is 612. The minimum Gasteiger partial charge on any atom is -0.496 e. The summed E-state index contributed by atoms with van der Waals surface area (Å²) in [4.78, 5) is 4.55. The number of hydrogen-bond acceptors (Lipinski definition) is 3. The standard InChI is InChI=1S/C18H22N2O/c1-13(12-15-6-3-4-8-17(15)21-2)20-16-10-9-14-7-5-11-19-18(14)16/h3-8,11,13,16,20H,9-10,12H2,1-2H3. The van der Waals surface area contributed by atoms with Gasteiger partial charge in [0, 0.05) is 12.2 Å². The first-order valence-corrected chi connectivity index (χ1v) is 7.59. The van der Waals surface area contributed by atoms with Crippen molar-refractivity contribution in [2.24, 2.45) is 0 Å². The van der Waals surface area contributed by atoms with Crippen molar-refractivity contribution in [2.75, 3.05) is 7.11 Å². The van der Waals surface area contributed by atoms with Crippen LogP contribution < -0.4 is 10.1 Å². The lowest BCUT2D eigenvalue weighted by atomic mass is 10.0. The summed E-state index contributed by atoms with van der Waals surface area (Å²) in [6.07, 6.45) is 5.12. The molecule has 0 amide bonds. The Kier molecular flexibility index (Phi) is 4.20. The van der Waals surface area contributed by atoms with E-state index in [-0.39, 0.29) is 0 Å². The maximum absolute atomic E-state index is 5.43. The van der Waals surface area contributed by atoms with E-state index in [4.69, 9.17) is 4.74 Å². The van der Waals surface area contributed by atoms with Crippen LogP contribution in [0.25, 0.3) is 0 Å². The zero-order chi connectivity index (χ0) is 14.7. The van der Waals surface area contributed by atoms with Crippen molar-refractivity contribution in [3.63, 3.8) is 0 Å². The second-order valence-corrected chi connectivity index (χ2v) is 5.72. The van der Waals surface area contributed by atoms with Crippen molar-refractivity contribution in [2.45, 2.75) is 38.3 Å². The summed E-state index contributed by atoms with van der Waals surface area (Å²) in [6.45, 7) is 2.23. The molecule has 1 aromatic carbocycles. The number of rotatable bonds is 5. The summed E-state index contributed by atoms with van der Waals surface area (Å²) in [5.74, 6) is 0.969. The second-order valence-electron chi connectivity index (χ2n) is 5.72. The Balaban J connectivity index is 1.66. The molecule has 0 aliphatic heterocycles. The average molecular weight is 282 g/mol. The lowest BCUT2D eigenvalue weighted by Gasteiger charge is -2.20. The zero-order valence-electron chi connectivity index (χ0n) is 12.7. The van der Waals surface area contributed by atoms with E-state index in [1.54, 1.807) is 7.11 Å². The molecule has 0 spiro atoms. The van der Waals surface area contributed by atoms with E-state index in [0.717, 1.165) is 25.0 Å². The number of ether oxygens (including phenoxy) is 1. The minimum atomic E-state index is 0.380. The molecular weight excluding hydrogens is 260 g/mol. The highest BCUT2D eigenvalue weighted by molar-refractivity contribution is 5.34. The SMILES string of the molecule is COc1ccccc1CC(C)NC1CCc2cccnc21. The number of aromatic nitrogens is 1. The highest BCUT2D eigenvalue weighted by atomic mass is 16.5. The van der Waals surface area contributed by atoms with Crippen molar-refractivity contribution in [1.82, 2.24) is 10.3 Å². The molecule has 0 bridgehead atoms. The quantitative estimate of drug-likeness (QED) is 0.913. The van der Waals surface area contributed by atoms with E-state index in [1.165, 1.54) is 16.8 Å². The van der Waals surface area contributed by atoms with Crippen LogP contribution in [0.2, 0.25) is 0 Å². The Hall–Kier alpha value is -1.87. The van der Waals surface area contributed by atoms with Gasteiger partial charge in [-0.15, -0.1) is 0 Å².